The van der Waals surface area contributed by atoms with Crippen molar-refractivity contribution < 1.29 is 23.0 Å². The average Bonchev–Trinajstić information content (AvgIpc) is 2.70. The molecule has 29 heavy (non-hydrogen) atoms. The molecule has 1 heterocycles. The molecule has 0 saturated carbocycles. The Morgan fingerprint density at radius 1 is 1.31 bits per heavy atom. The van der Waals surface area contributed by atoms with Crippen LogP contribution in [0.4, 0.5) is 8.78 Å². The molecule has 1 aromatic carbocycles. The first-order chi connectivity index (χ1) is 14.0. The minimum Gasteiger partial charge on any atom is -0.434 e. The Labute approximate surface area is 176 Å². The second-order valence-corrected chi connectivity index (χ2v) is 7.14. The van der Waals surface area contributed by atoms with Crippen molar-refractivity contribution in [1.82, 2.24) is 10.2 Å². The average molecular weight is 434 g/mol. The molecule has 2 rings (SSSR count). The zero-order valence-corrected chi connectivity index (χ0v) is 17.8. The molecule has 0 radical (unpaired) electrons. The van der Waals surface area contributed by atoms with Gasteiger partial charge in [0.05, 0.1) is 12.6 Å². The molecule has 1 aromatic rings. The number of hydrogen-bond donors (Lipinski definition) is 1. The van der Waals surface area contributed by atoms with Gasteiger partial charge in [-0.15, -0.1) is 0 Å². The SMILES string of the molecule is CCNC(=NCc1cc(Cl)ccc1OC(F)F)N1CCC(OCCCOC)CC1. The van der Waals surface area contributed by atoms with Gasteiger partial charge < -0.3 is 24.4 Å². The number of guanidine groups is 1. The van der Waals surface area contributed by atoms with Crippen LogP contribution in [0.1, 0.15) is 31.7 Å². The van der Waals surface area contributed by atoms with Gasteiger partial charge in [0.1, 0.15) is 5.75 Å². The molecular formula is C20H30ClF2N3O3. The molecule has 0 amide bonds. The summed E-state index contributed by atoms with van der Waals surface area (Å²) in [6.45, 7) is 3.04. The van der Waals surface area contributed by atoms with Crippen LogP contribution in [-0.2, 0) is 16.0 Å². The monoisotopic (exact) mass is 433 g/mol. The Bertz CT molecular complexity index is 641. The van der Waals surface area contributed by atoms with Crippen molar-refractivity contribution in [2.45, 2.75) is 45.4 Å². The summed E-state index contributed by atoms with van der Waals surface area (Å²) < 4.78 is 40.8. The van der Waals surface area contributed by atoms with Crippen LogP contribution in [0.3, 0.4) is 0 Å². The fourth-order valence-corrected chi connectivity index (χ4v) is 3.35. The number of benzene rings is 1. The third-order valence-electron chi connectivity index (χ3n) is 4.56. The number of aliphatic imine (C=N–C) groups is 1. The highest BCUT2D eigenvalue weighted by Gasteiger charge is 2.22. The van der Waals surface area contributed by atoms with Crippen LogP contribution in [-0.4, -0.2) is 63.5 Å². The summed E-state index contributed by atoms with van der Waals surface area (Å²) in [7, 11) is 1.69. The standard InChI is InChI=1S/C20H30ClF2N3O3/c1-3-24-20(26-9-7-17(8-10-26)28-12-4-11-27-2)25-14-15-13-16(21)5-6-18(15)29-19(22)23/h5-6,13,17,19H,3-4,7-12,14H2,1-2H3,(H,24,25). The third kappa shape index (κ3) is 8.32. The number of methoxy groups -OCH3 is 1. The molecule has 164 valence electrons. The molecule has 0 atom stereocenters. The second-order valence-electron chi connectivity index (χ2n) is 6.70. The topological polar surface area (TPSA) is 55.3 Å². The molecular weight excluding hydrogens is 404 g/mol. The van der Waals surface area contributed by atoms with Crippen LogP contribution in [0.25, 0.3) is 0 Å². The van der Waals surface area contributed by atoms with Gasteiger partial charge in [0.15, 0.2) is 5.96 Å². The Morgan fingerprint density at radius 2 is 2.07 bits per heavy atom. The fourth-order valence-electron chi connectivity index (χ4n) is 3.16. The quantitative estimate of drug-likeness (QED) is 0.344. The van der Waals surface area contributed by atoms with Crippen molar-refractivity contribution in [3.8, 4) is 5.75 Å². The molecule has 1 N–H and O–H groups in total. The zero-order chi connectivity index (χ0) is 21.1. The van der Waals surface area contributed by atoms with E-state index in [1.807, 2.05) is 6.92 Å². The van der Waals surface area contributed by atoms with Crippen LogP contribution in [0.5, 0.6) is 5.75 Å². The summed E-state index contributed by atoms with van der Waals surface area (Å²) in [5, 5.41) is 3.72. The number of halogens is 3. The zero-order valence-electron chi connectivity index (χ0n) is 17.0. The van der Waals surface area contributed by atoms with Crippen molar-refractivity contribution >= 4 is 17.6 Å². The van der Waals surface area contributed by atoms with E-state index in [1.54, 1.807) is 13.2 Å². The predicted molar refractivity (Wildman–Crippen MR) is 110 cm³/mol. The van der Waals surface area contributed by atoms with Gasteiger partial charge in [0.2, 0.25) is 0 Å². The van der Waals surface area contributed by atoms with Crippen molar-refractivity contribution in [2.24, 2.45) is 4.99 Å². The minimum atomic E-state index is -2.89. The van der Waals surface area contributed by atoms with Crippen LogP contribution < -0.4 is 10.1 Å². The lowest BCUT2D eigenvalue weighted by molar-refractivity contribution is -0.0504. The van der Waals surface area contributed by atoms with E-state index in [1.165, 1.54) is 12.1 Å². The first-order valence-electron chi connectivity index (χ1n) is 9.90. The smallest absolute Gasteiger partial charge is 0.387 e. The lowest BCUT2D eigenvalue weighted by Gasteiger charge is -2.34. The first kappa shape index (κ1) is 23.6. The Morgan fingerprint density at radius 3 is 2.72 bits per heavy atom. The summed E-state index contributed by atoms with van der Waals surface area (Å²) in [6.07, 6.45) is 2.96. The largest absolute Gasteiger partial charge is 0.434 e. The summed E-state index contributed by atoms with van der Waals surface area (Å²) in [6, 6.07) is 4.57. The number of ether oxygens (including phenoxy) is 3. The van der Waals surface area contributed by atoms with E-state index in [2.05, 4.69) is 19.9 Å². The maximum Gasteiger partial charge on any atom is 0.387 e. The van der Waals surface area contributed by atoms with Gasteiger partial charge in [-0.1, -0.05) is 11.6 Å². The molecule has 6 nitrogen and oxygen atoms in total. The molecule has 9 heteroatoms. The fraction of sp³-hybridized carbons (Fsp3) is 0.650. The maximum atomic E-state index is 12.6. The molecule has 0 unspecified atom stereocenters. The van der Waals surface area contributed by atoms with E-state index in [0.29, 0.717) is 30.3 Å². The van der Waals surface area contributed by atoms with Crippen molar-refractivity contribution in [3.05, 3.63) is 28.8 Å². The summed E-state index contributed by atoms with van der Waals surface area (Å²) in [5.41, 5.74) is 0.518. The van der Waals surface area contributed by atoms with Gasteiger partial charge in [0, 0.05) is 50.5 Å². The Hall–Kier alpha value is -1.64. The van der Waals surface area contributed by atoms with Crippen molar-refractivity contribution in [2.75, 3.05) is 40.0 Å². The van der Waals surface area contributed by atoms with Gasteiger partial charge in [-0.3, -0.25) is 0 Å². The number of likely N-dealkylation sites (tertiary alicyclic amines) is 1. The first-order valence-corrected chi connectivity index (χ1v) is 10.3. The Balaban J connectivity index is 1.96. The highest BCUT2D eigenvalue weighted by Crippen LogP contribution is 2.25. The van der Waals surface area contributed by atoms with Crippen LogP contribution in [0.15, 0.2) is 23.2 Å². The lowest BCUT2D eigenvalue weighted by atomic mass is 10.1. The predicted octanol–water partition coefficient (Wildman–Crippen LogP) is 3.92. The molecule has 0 aliphatic carbocycles. The van der Waals surface area contributed by atoms with E-state index in [4.69, 9.17) is 21.1 Å². The van der Waals surface area contributed by atoms with Crippen LogP contribution >= 0.6 is 11.6 Å². The van der Waals surface area contributed by atoms with Gasteiger partial charge in [0.25, 0.3) is 0 Å². The van der Waals surface area contributed by atoms with Gasteiger partial charge in [-0.2, -0.15) is 8.78 Å². The minimum absolute atomic E-state index is 0.0900. The van der Waals surface area contributed by atoms with E-state index >= 15 is 0 Å². The van der Waals surface area contributed by atoms with Crippen LogP contribution in [0, 0.1) is 0 Å². The summed E-state index contributed by atoms with van der Waals surface area (Å²) >= 11 is 6.02. The molecule has 1 saturated heterocycles. The highest BCUT2D eigenvalue weighted by atomic mass is 35.5. The maximum absolute atomic E-state index is 12.6. The molecule has 1 aliphatic heterocycles. The molecule has 1 fully saturated rings. The van der Waals surface area contributed by atoms with E-state index in [-0.39, 0.29) is 18.4 Å². The highest BCUT2D eigenvalue weighted by molar-refractivity contribution is 6.30. The summed E-state index contributed by atoms with van der Waals surface area (Å²) in [4.78, 5) is 6.78. The van der Waals surface area contributed by atoms with Gasteiger partial charge in [-0.25, -0.2) is 4.99 Å². The number of hydrogen-bond acceptors (Lipinski definition) is 4. The molecule has 0 aromatic heterocycles. The molecule has 1 aliphatic rings. The van der Waals surface area contributed by atoms with Crippen LogP contribution in [0.2, 0.25) is 5.02 Å². The Kier molecular flexibility index (Phi) is 10.5. The third-order valence-corrected chi connectivity index (χ3v) is 4.80. The van der Waals surface area contributed by atoms with E-state index < -0.39 is 6.61 Å². The van der Waals surface area contributed by atoms with Crippen molar-refractivity contribution in [3.63, 3.8) is 0 Å². The number of nitrogens with zero attached hydrogens (tertiary/aromatic N) is 2. The van der Waals surface area contributed by atoms with E-state index in [9.17, 15) is 8.78 Å². The number of alkyl halides is 2. The molecule has 0 spiro atoms. The van der Waals surface area contributed by atoms with Gasteiger partial charge >= 0.3 is 6.61 Å². The van der Waals surface area contributed by atoms with E-state index in [0.717, 1.165) is 38.3 Å². The lowest BCUT2D eigenvalue weighted by Crippen LogP contribution is -2.47. The van der Waals surface area contributed by atoms with Gasteiger partial charge in [-0.05, 0) is 44.4 Å². The summed E-state index contributed by atoms with van der Waals surface area (Å²) in [5.74, 6) is 0.834. The molecule has 0 bridgehead atoms. The number of piperidine rings is 1. The second kappa shape index (κ2) is 12.8. The number of nitrogens with one attached hydrogen (secondary N) is 1. The number of rotatable bonds is 10. The van der Waals surface area contributed by atoms with Crippen molar-refractivity contribution in [1.29, 1.82) is 0 Å². The normalized spacial score (nSPS) is 15.8.